The number of hydrogen-bond donors (Lipinski definition) is 3. The summed E-state index contributed by atoms with van der Waals surface area (Å²) in [5.74, 6) is -0.815. The highest BCUT2D eigenvalue weighted by Crippen LogP contribution is 2.36. The van der Waals surface area contributed by atoms with Gasteiger partial charge in [0.2, 0.25) is 11.8 Å². The minimum Gasteiger partial charge on any atom is -0.507 e. The number of phenolic OH excluding ortho intramolecular Hbond substituents is 1. The summed E-state index contributed by atoms with van der Waals surface area (Å²) >= 11 is 0. The molecule has 0 saturated heterocycles. The molecule has 1 aromatic rings. The second-order valence-corrected chi connectivity index (χ2v) is 11.5. The summed E-state index contributed by atoms with van der Waals surface area (Å²) in [6.07, 6.45) is 4.30. The molecule has 8 nitrogen and oxygen atoms in total. The topological polar surface area (TPSA) is 108 Å². The largest absolute Gasteiger partial charge is 0.507 e. The first-order chi connectivity index (χ1) is 16.1. The molecule has 1 saturated carbocycles. The molecule has 0 radical (unpaired) electrons. The zero-order valence-electron chi connectivity index (χ0n) is 22.5. The molecule has 0 heterocycles. The third-order valence-electron chi connectivity index (χ3n) is 6.09. The van der Waals surface area contributed by atoms with Crippen molar-refractivity contribution in [3.8, 4) is 5.75 Å². The summed E-state index contributed by atoms with van der Waals surface area (Å²) in [4.78, 5) is 41.4. The van der Waals surface area contributed by atoms with Crippen LogP contribution in [0.5, 0.6) is 5.75 Å². The third-order valence-corrected chi connectivity index (χ3v) is 6.09. The van der Waals surface area contributed by atoms with Crippen LogP contribution in [0.3, 0.4) is 0 Å². The van der Waals surface area contributed by atoms with E-state index in [0.717, 1.165) is 32.1 Å². The highest BCUT2D eigenvalue weighted by atomic mass is 16.6. The van der Waals surface area contributed by atoms with Gasteiger partial charge >= 0.3 is 6.09 Å². The maximum atomic E-state index is 13.8. The van der Waals surface area contributed by atoms with E-state index in [-0.39, 0.29) is 17.7 Å². The van der Waals surface area contributed by atoms with Crippen LogP contribution in [0.2, 0.25) is 0 Å². The Morgan fingerprint density at radius 2 is 1.66 bits per heavy atom. The Labute approximate surface area is 209 Å². The van der Waals surface area contributed by atoms with Crippen LogP contribution in [0.15, 0.2) is 18.2 Å². The minimum atomic E-state index is -1.08. The molecule has 0 spiro atoms. The number of aromatic hydroxyl groups is 1. The molecule has 35 heavy (non-hydrogen) atoms. The number of hydrogen-bond acceptors (Lipinski definition) is 5. The van der Waals surface area contributed by atoms with E-state index in [1.165, 1.54) is 4.90 Å². The first-order valence-electron chi connectivity index (χ1n) is 12.5. The van der Waals surface area contributed by atoms with E-state index in [1.807, 2.05) is 20.8 Å². The highest BCUT2D eigenvalue weighted by molar-refractivity contribution is 5.93. The molecule has 1 fully saturated rings. The van der Waals surface area contributed by atoms with Crippen LogP contribution in [0, 0.1) is 6.92 Å². The molecule has 1 aromatic carbocycles. The summed E-state index contributed by atoms with van der Waals surface area (Å²) < 4.78 is 5.31. The molecule has 0 aromatic heterocycles. The first kappa shape index (κ1) is 28.5. The fourth-order valence-electron chi connectivity index (χ4n) is 4.43. The normalized spacial score (nSPS) is 16.7. The predicted molar refractivity (Wildman–Crippen MR) is 136 cm³/mol. The molecule has 196 valence electrons. The van der Waals surface area contributed by atoms with Gasteiger partial charge < -0.3 is 25.4 Å². The van der Waals surface area contributed by atoms with E-state index in [1.54, 1.807) is 52.8 Å². The van der Waals surface area contributed by atoms with Gasteiger partial charge in [-0.05, 0) is 73.8 Å². The van der Waals surface area contributed by atoms with Crippen molar-refractivity contribution in [2.24, 2.45) is 0 Å². The number of carbonyl (C=O) groups excluding carboxylic acids is 3. The third kappa shape index (κ3) is 7.87. The summed E-state index contributed by atoms with van der Waals surface area (Å²) in [6.45, 7) is 14.0. The Hall–Kier alpha value is -2.77. The van der Waals surface area contributed by atoms with E-state index in [0.29, 0.717) is 11.1 Å². The van der Waals surface area contributed by atoms with Crippen molar-refractivity contribution in [2.45, 2.75) is 117 Å². The van der Waals surface area contributed by atoms with Gasteiger partial charge in [0.05, 0.1) is 0 Å². The number of phenols is 1. The standard InChI is InChI=1S/C27H43N3O5/c1-17-13-12-16-20(22(17)31)21(23(32)29-19-14-10-9-11-15-19)30(26(3,4)5)24(33)18(2)28-25(34)35-27(6,7)8/h12-13,16,18-19,21,31H,9-11,14-15H2,1-8H3,(H,28,34)(H,29,32). The first-order valence-corrected chi connectivity index (χ1v) is 12.5. The van der Waals surface area contributed by atoms with Crippen LogP contribution < -0.4 is 10.6 Å². The average Bonchev–Trinajstić information content (AvgIpc) is 2.72. The van der Waals surface area contributed by atoms with E-state index in [9.17, 15) is 19.5 Å². The van der Waals surface area contributed by atoms with Gasteiger partial charge in [-0.2, -0.15) is 0 Å². The Bertz CT molecular complexity index is 910. The molecule has 3 N–H and O–H groups in total. The van der Waals surface area contributed by atoms with Crippen molar-refractivity contribution in [3.05, 3.63) is 29.3 Å². The molecule has 0 bridgehead atoms. The lowest BCUT2D eigenvalue weighted by molar-refractivity contribution is -0.148. The molecule has 1 aliphatic rings. The maximum Gasteiger partial charge on any atom is 0.408 e. The summed E-state index contributed by atoms with van der Waals surface area (Å²) in [5, 5.41) is 16.6. The summed E-state index contributed by atoms with van der Waals surface area (Å²) in [6, 6.07) is 3.18. The summed E-state index contributed by atoms with van der Waals surface area (Å²) in [7, 11) is 0. The fraction of sp³-hybridized carbons (Fsp3) is 0.667. The fourth-order valence-corrected chi connectivity index (χ4v) is 4.43. The number of nitrogens with zero attached hydrogens (tertiary/aromatic N) is 1. The number of para-hydroxylation sites is 1. The van der Waals surface area contributed by atoms with Gasteiger partial charge in [0.25, 0.3) is 0 Å². The lowest BCUT2D eigenvalue weighted by Gasteiger charge is -2.43. The highest BCUT2D eigenvalue weighted by Gasteiger charge is 2.42. The lowest BCUT2D eigenvalue weighted by Crippen LogP contribution is -2.58. The smallest absolute Gasteiger partial charge is 0.408 e. The van der Waals surface area contributed by atoms with Crippen molar-refractivity contribution in [1.29, 1.82) is 0 Å². The van der Waals surface area contributed by atoms with Crippen molar-refractivity contribution < 1.29 is 24.2 Å². The Morgan fingerprint density at radius 3 is 2.20 bits per heavy atom. The van der Waals surface area contributed by atoms with Crippen LogP contribution in [0.4, 0.5) is 4.79 Å². The van der Waals surface area contributed by atoms with E-state index >= 15 is 0 Å². The van der Waals surface area contributed by atoms with Gasteiger partial charge in [0, 0.05) is 17.1 Å². The number of ether oxygens (including phenoxy) is 1. The van der Waals surface area contributed by atoms with E-state index in [2.05, 4.69) is 10.6 Å². The minimum absolute atomic E-state index is 0.0221. The number of alkyl carbamates (subject to hydrolysis) is 1. The van der Waals surface area contributed by atoms with Crippen molar-refractivity contribution in [2.75, 3.05) is 0 Å². The number of aryl methyl sites for hydroxylation is 1. The zero-order chi connectivity index (χ0) is 26.6. The van der Waals surface area contributed by atoms with Crippen LogP contribution in [-0.4, -0.2) is 51.1 Å². The predicted octanol–water partition coefficient (Wildman–Crippen LogP) is 4.73. The van der Waals surface area contributed by atoms with Gasteiger partial charge in [-0.1, -0.05) is 37.5 Å². The monoisotopic (exact) mass is 489 g/mol. The molecule has 8 heteroatoms. The van der Waals surface area contributed by atoms with Gasteiger partial charge in [0.1, 0.15) is 23.4 Å². The number of amides is 3. The molecule has 2 rings (SSSR count). The molecule has 3 amide bonds. The Kier molecular flexibility index (Phi) is 9.20. The van der Waals surface area contributed by atoms with E-state index in [4.69, 9.17) is 4.74 Å². The van der Waals surface area contributed by atoms with Crippen molar-refractivity contribution in [1.82, 2.24) is 15.5 Å². The molecule has 2 unspecified atom stereocenters. The maximum absolute atomic E-state index is 13.8. The lowest BCUT2D eigenvalue weighted by atomic mass is 9.92. The van der Waals surface area contributed by atoms with Crippen molar-refractivity contribution in [3.63, 3.8) is 0 Å². The van der Waals surface area contributed by atoms with Gasteiger partial charge in [0.15, 0.2) is 0 Å². The van der Waals surface area contributed by atoms with Crippen LogP contribution in [0.1, 0.15) is 97.7 Å². The van der Waals surface area contributed by atoms with E-state index < -0.39 is 35.2 Å². The second kappa shape index (κ2) is 11.3. The van der Waals surface area contributed by atoms with Gasteiger partial charge in [-0.25, -0.2) is 4.79 Å². The molecular formula is C27H43N3O5. The van der Waals surface area contributed by atoms with Crippen LogP contribution in [0.25, 0.3) is 0 Å². The number of rotatable bonds is 6. The van der Waals surface area contributed by atoms with Crippen LogP contribution in [-0.2, 0) is 14.3 Å². The summed E-state index contributed by atoms with van der Waals surface area (Å²) in [5.41, 5.74) is -0.553. The molecule has 2 atom stereocenters. The average molecular weight is 490 g/mol. The van der Waals surface area contributed by atoms with Crippen molar-refractivity contribution >= 4 is 17.9 Å². The second-order valence-electron chi connectivity index (χ2n) is 11.5. The molecule has 1 aliphatic carbocycles. The number of benzene rings is 1. The Balaban J connectivity index is 2.46. The number of carbonyl (C=O) groups is 3. The quantitative estimate of drug-likeness (QED) is 0.535. The SMILES string of the molecule is Cc1cccc(C(C(=O)NC2CCCCC2)N(C(=O)C(C)NC(=O)OC(C)(C)C)C(C)(C)C)c1O. The van der Waals surface area contributed by atoms with Gasteiger partial charge in [-0.3, -0.25) is 9.59 Å². The zero-order valence-corrected chi connectivity index (χ0v) is 22.5. The van der Waals surface area contributed by atoms with Gasteiger partial charge in [-0.15, -0.1) is 0 Å². The Morgan fingerprint density at radius 1 is 1.06 bits per heavy atom. The van der Waals surface area contributed by atoms with Crippen LogP contribution >= 0.6 is 0 Å². The number of nitrogens with one attached hydrogen (secondary N) is 2. The molecule has 0 aliphatic heterocycles. The molecular weight excluding hydrogens is 446 g/mol.